The molecule has 0 aliphatic rings. The van der Waals surface area contributed by atoms with E-state index in [-0.39, 0.29) is 0 Å². The second-order valence-corrected chi connectivity index (χ2v) is 7.86. The minimum absolute atomic E-state index is 0.418. The van der Waals surface area contributed by atoms with E-state index in [0.717, 1.165) is 11.4 Å². The summed E-state index contributed by atoms with van der Waals surface area (Å²) >= 11 is 2.88. The Morgan fingerprint density at radius 1 is 1.11 bits per heavy atom. The number of imide groups is 1. The number of hydrogen-bond donors (Lipinski definition) is 1. The van der Waals surface area contributed by atoms with Crippen LogP contribution in [0.3, 0.4) is 0 Å². The third-order valence-corrected chi connectivity index (χ3v) is 5.75. The van der Waals surface area contributed by atoms with Gasteiger partial charge >= 0.3 is 5.97 Å². The molecule has 8 heteroatoms. The van der Waals surface area contributed by atoms with Gasteiger partial charge in [-0.15, -0.1) is 22.7 Å². The van der Waals surface area contributed by atoms with Gasteiger partial charge in [0.15, 0.2) is 6.61 Å². The number of hydrogen-bond acceptors (Lipinski definition) is 6. The topological polar surface area (TPSA) is 77.4 Å². The Hall–Kier alpha value is -2.71. The number of rotatable bonds is 6. The molecule has 0 saturated heterocycles. The van der Waals surface area contributed by atoms with Crippen molar-refractivity contribution in [3.8, 4) is 0 Å². The van der Waals surface area contributed by atoms with Gasteiger partial charge in [0.2, 0.25) is 0 Å². The summed E-state index contributed by atoms with van der Waals surface area (Å²) in [6.45, 7) is 3.93. The van der Waals surface area contributed by atoms with Crippen molar-refractivity contribution in [3.05, 3.63) is 67.8 Å². The molecule has 140 valence electrons. The SMILES string of the molecule is Cc1cc(C(=O)OCC(=O)NC(=O)c2cccs2)c(C)n1Cc1cccs1. The van der Waals surface area contributed by atoms with Gasteiger partial charge in [-0.2, -0.15) is 0 Å². The van der Waals surface area contributed by atoms with Crippen LogP contribution >= 0.6 is 22.7 Å². The molecular weight excluding hydrogens is 384 g/mol. The fourth-order valence-electron chi connectivity index (χ4n) is 2.65. The van der Waals surface area contributed by atoms with Gasteiger partial charge in [-0.3, -0.25) is 14.9 Å². The van der Waals surface area contributed by atoms with Gasteiger partial charge < -0.3 is 9.30 Å². The van der Waals surface area contributed by atoms with E-state index in [1.165, 1.54) is 16.2 Å². The van der Waals surface area contributed by atoms with Crippen molar-refractivity contribution in [2.45, 2.75) is 20.4 Å². The Morgan fingerprint density at radius 3 is 2.52 bits per heavy atom. The summed E-state index contributed by atoms with van der Waals surface area (Å²) in [4.78, 5) is 37.6. The Kier molecular flexibility index (Phi) is 5.88. The third-order valence-electron chi connectivity index (χ3n) is 4.02. The molecule has 0 aromatic carbocycles. The summed E-state index contributed by atoms with van der Waals surface area (Å²) in [5.74, 6) is -1.74. The molecule has 3 aromatic rings. The van der Waals surface area contributed by atoms with Crippen molar-refractivity contribution in [3.63, 3.8) is 0 Å². The van der Waals surface area contributed by atoms with Crippen molar-refractivity contribution < 1.29 is 19.1 Å². The highest BCUT2D eigenvalue weighted by Gasteiger charge is 2.19. The molecule has 3 aromatic heterocycles. The van der Waals surface area contributed by atoms with Gasteiger partial charge in [-0.05, 0) is 42.8 Å². The second kappa shape index (κ2) is 8.32. The molecule has 6 nitrogen and oxygen atoms in total. The molecule has 0 radical (unpaired) electrons. The van der Waals surface area contributed by atoms with E-state index in [9.17, 15) is 14.4 Å². The second-order valence-electron chi connectivity index (χ2n) is 5.88. The first-order chi connectivity index (χ1) is 13.0. The molecule has 0 aliphatic heterocycles. The number of aryl methyl sites for hydroxylation is 1. The number of nitrogens with zero attached hydrogens (tertiary/aromatic N) is 1. The largest absolute Gasteiger partial charge is 0.452 e. The number of amides is 2. The highest BCUT2D eigenvalue weighted by molar-refractivity contribution is 7.12. The van der Waals surface area contributed by atoms with Crippen molar-refractivity contribution in [2.75, 3.05) is 6.61 Å². The Labute approximate surface area is 164 Å². The lowest BCUT2D eigenvalue weighted by atomic mass is 10.2. The number of ether oxygens (including phenoxy) is 1. The predicted molar refractivity (Wildman–Crippen MR) is 104 cm³/mol. The van der Waals surface area contributed by atoms with Crippen molar-refractivity contribution in [1.82, 2.24) is 9.88 Å². The summed E-state index contributed by atoms with van der Waals surface area (Å²) in [6, 6.07) is 9.10. The van der Waals surface area contributed by atoms with Crippen LogP contribution < -0.4 is 5.32 Å². The van der Waals surface area contributed by atoms with Crippen LogP contribution in [0.1, 0.15) is 36.3 Å². The molecule has 1 N–H and O–H groups in total. The number of thiophene rings is 2. The molecule has 0 saturated carbocycles. The molecule has 0 fully saturated rings. The van der Waals surface area contributed by atoms with E-state index in [4.69, 9.17) is 4.74 Å². The van der Waals surface area contributed by atoms with Gasteiger partial charge in [0.1, 0.15) is 0 Å². The Bertz CT molecular complexity index is 956. The van der Waals surface area contributed by atoms with E-state index in [2.05, 4.69) is 5.32 Å². The molecule has 3 rings (SSSR count). The summed E-state index contributed by atoms with van der Waals surface area (Å²) in [5.41, 5.74) is 2.13. The molecule has 27 heavy (non-hydrogen) atoms. The number of carbonyl (C=O) groups excluding carboxylic acids is 3. The number of carbonyl (C=O) groups is 3. The summed E-state index contributed by atoms with van der Waals surface area (Å²) in [6.07, 6.45) is 0. The minimum Gasteiger partial charge on any atom is -0.452 e. The first kappa shape index (κ1) is 19.1. The van der Waals surface area contributed by atoms with Crippen LogP contribution in [0.25, 0.3) is 0 Å². The normalized spacial score (nSPS) is 10.6. The molecular formula is C19H18N2O4S2. The molecule has 0 aliphatic carbocycles. The van der Waals surface area contributed by atoms with Crippen LogP contribution in [0, 0.1) is 13.8 Å². The van der Waals surface area contributed by atoms with Crippen LogP contribution in [0.5, 0.6) is 0 Å². The number of esters is 1. The fraction of sp³-hybridized carbons (Fsp3) is 0.211. The summed E-state index contributed by atoms with van der Waals surface area (Å²) < 4.78 is 7.11. The Balaban J connectivity index is 1.59. The van der Waals surface area contributed by atoms with Gasteiger partial charge in [0.25, 0.3) is 11.8 Å². The lowest BCUT2D eigenvalue weighted by Gasteiger charge is -2.08. The highest BCUT2D eigenvalue weighted by Crippen LogP contribution is 2.20. The van der Waals surface area contributed by atoms with Crippen molar-refractivity contribution in [1.29, 1.82) is 0 Å². The summed E-state index contributed by atoms with van der Waals surface area (Å²) in [5, 5.41) is 5.95. The maximum absolute atomic E-state index is 12.4. The van der Waals surface area contributed by atoms with Crippen LogP contribution in [-0.4, -0.2) is 29.0 Å². The first-order valence-corrected chi connectivity index (χ1v) is 9.95. The van der Waals surface area contributed by atoms with E-state index in [0.29, 0.717) is 17.0 Å². The summed E-state index contributed by atoms with van der Waals surface area (Å²) in [7, 11) is 0. The van der Waals surface area contributed by atoms with Crippen LogP contribution in [0.4, 0.5) is 0 Å². The molecule has 0 spiro atoms. The number of nitrogens with one attached hydrogen (secondary N) is 1. The molecule has 3 heterocycles. The van der Waals surface area contributed by atoms with E-state index in [1.807, 2.05) is 35.9 Å². The van der Waals surface area contributed by atoms with Gasteiger partial charge in [-0.1, -0.05) is 12.1 Å². The van der Waals surface area contributed by atoms with Crippen LogP contribution in [-0.2, 0) is 16.1 Å². The van der Waals surface area contributed by atoms with Crippen molar-refractivity contribution >= 4 is 40.5 Å². The lowest BCUT2D eigenvalue weighted by molar-refractivity contribution is -0.123. The van der Waals surface area contributed by atoms with Crippen LogP contribution in [0.15, 0.2) is 41.1 Å². The molecule has 0 unspecified atom stereocenters. The molecule has 0 atom stereocenters. The van der Waals surface area contributed by atoms with Crippen molar-refractivity contribution in [2.24, 2.45) is 0 Å². The first-order valence-electron chi connectivity index (χ1n) is 8.19. The third kappa shape index (κ3) is 4.53. The lowest BCUT2D eigenvalue weighted by Crippen LogP contribution is -2.33. The van der Waals surface area contributed by atoms with Gasteiger partial charge in [-0.25, -0.2) is 4.79 Å². The van der Waals surface area contributed by atoms with E-state index >= 15 is 0 Å². The zero-order chi connectivity index (χ0) is 19.4. The quantitative estimate of drug-likeness (QED) is 0.641. The van der Waals surface area contributed by atoms with Gasteiger partial charge in [0, 0.05) is 16.3 Å². The molecule has 2 amide bonds. The maximum Gasteiger partial charge on any atom is 0.340 e. The van der Waals surface area contributed by atoms with E-state index in [1.54, 1.807) is 34.9 Å². The predicted octanol–water partition coefficient (Wildman–Crippen LogP) is 3.39. The van der Waals surface area contributed by atoms with Gasteiger partial charge in [0.05, 0.1) is 17.0 Å². The van der Waals surface area contributed by atoms with Crippen LogP contribution in [0.2, 0.25) is 0 Å². The standard InChI is InChI=1S/C19H18N2O4S2/c1-12-9-15(13(2)21(12)10-14-5-3-7-26-14)19(24)25-11-17(22)20-18(23)16-6-4-8-27-16/h3-9H,10-11H2,1-2H3,(H,20,22,23). The minimum atomic E-state index is -0.658. The monoisotopic (exact) mass is 402 g/mol. The maximum atomic E-state index is 12.4. The zero-order valence-corrected chi connectivity index (χ0v) is 16.5. The average molecular weight is 402 g/mol. The average Bonchev–Trinajstić information content (AvgIpc) is 3.38. The highest BCUT2D eigenvalue weighted by atomic mass is 32.1. The molecule has 0 bridgehead atoms. The Morgan fingerprint density at radius 2 is 1.85 bits per heavy atom. The van der Waals surface area contributed by atoms with E-state index < -0.39 is 24.4 Å². The fourth-order valence-corrected chi connectivity index (χ4v) is 3.96. The number of aromatic nitrogens is 1. The zero-order valence-electron chi connectivity index (χ0n) is 14.9. The smallest absolute Gasteiger partial charge is 0.340 e.